The zero-order valence-electron chi connectivity index (χ0n) is 12.3. The van der Waals surface area contributed by atoms with E-state index in [0.717, 1.165) is 51.4 Å². The SMILES string of the molecule is CCCCNc1nccc(N2CCN(C(C)=O)CC2)n1. The number of hydrogen-bond donors (Lipinski definition) is 1. The standard InChI is InChI=1S/C14H23N5O/c1-3-4-6-15-14-16-7-5-13(17-14)19-10-8-18(9-11-19)12(2)20/h5,7H,3-4,6,8-11H2,1-2H3,(H,15,16,17). The molecule has 1 fully saturated rings. The number of anilines is 2. The van der Waals surface area contributed by atoms with E-state index in [4.69, 9.17) is 0 Å². The second-order valence-corrected chi connectivity index (χ2v) is 5.01. The highest BCUT2D eigenvalue weighted by molar-refractivity contribution is 5.73. The van der Waals surface area contributed by atoms with Crippen LogP contribution in [-0.4, -0.2) is 53.5 Å². The zero-order chi connectivity index (χ0) is 14.4. The molecule has 1 saturated heterocycles. The summed E-state index contributed by atoms with van der Waals surface area (Å²) < 4.78 is 0. The Morgan fingerprint density at radius 2 is 2.10 bits per heavy atom. The minimum absolute atomic E-state index is 0.147. The van der Waals surface area contributed by atoms with Gasteiger partial charge in [-0.15, -0.1) is 0 Å². The van der Waals surface area contributed by atoms with Crippen molar-refractivity contribution in [3.8, 4) is 0 Å². The van der Waals surface area contributed by atoms with Crippen molar-refractivity contribution in [2.45, 2.75) is 26.7 Å². The topological polar surface area (TPSA) is 61.4 Å². The van der Waals surface area contributed by atoms with E-state index in [9.17, 15) is 4.79 Å². The van der Waals surface area contributed by atoms with Crippen LogP contribution < -0.4 is 10.2 Å². The summed E-state index contributed by atoms with van der Waals surface area (Å²) in [4.78, 5) is 24.2. The molecule has 0 radical (unpaired) electrons. The van der Waals surface area contributed by atoms with Crippen molar-refractivity contribution < 1.29 is 4.79 Å². The maximum Gasteiger partial charge on any atom is 0.224 e. The van der Waals surface area contributed by atoms with Gasteiger partial charge < -0.3 is 15.1 Å². The monoisotopic (exact) mass is 277 g/mol. The first-order valence-corrected chi connectivity index (χ1v) is 7.28. The Labute approximate surface area is 120 Å². The van der Waals surface area contributed by atoms with E-state index in [-0.39, 0.29) is 5.91 Å². The average Bonchev–Trinajstić information content (AvgIpc) is 2.48. The molecule has 1 amide bonds. The third-order valence-electron chi connectivity index (χ3n) is 3.50. The predicted molar refractivity (Wildman–Crippen MR) is 79.9 cm³/mol. The van der Waals surface area contributed by atoms with E-state index in [1.54, 1.807) is 13.1 Å². The first kappa shape index (κ1) is 14.6. The van der Waals surface area contributed by atoms with Crippen LogP contribution in [0.3, 0.4) is 0 Å². The maximum atomic E-state index is 11.3. The van der Waals surface area contributed by atoms with Crippen LogP contribution in [0.25, 0.3) is 0 Å². The van der Waals surface area contributed by atoms with Crippen LogP contribution >= 0.6 is 0 Å². The highest BCUT2D eigenvalue weighted by Crippen LogP contribution is 2.14. The van der Waals surface area contributed by atoms with Gasteiger partial charge in [-0.3, -0.25) is 4.79 Å². The second kappa shape index (κ2) is 7.07. The van der Waals surface area contributed by atoms with Crippen LogP contribution in [0.5, 0.6) is 0 Å². The molecule has 0 aliphatic carbocycles. The van der Waals surface area contributed by atoms with Crippen molar-refractivity contribution >= 4 is 17.7 Å². The number of aromatic nitrogens is 2. The summed E-state index contributed by atoms with van der Waals surface area (Å²) in [7, 11) is 0. The molecule has 1 N–H and O–H groups in total. The molecule has 1 aromatic heterocycles. The molecule has 0 aromatic carbocycles. The lowest BCUT2D eigenvalue weighted by atomic mass is 10.3. The van der Waals surface area contributed by atoms with Gasteiger partial charge in [0.2, 0.25) is 11.9 Å². The molecular formula is C14H23N5O. The number of piperazine rings is 1. The first-order valence-electron chi connectivity index (χ1n) is 7.28. The van der Waals surface area contributed by atoms with Gasteiger partial charge in [0.25, 0.3) is 0 Å². The van der Waals surface area contributed by atoms with Gasteiger partial charge >= 0.3 is 0 Å². The number of nitrogens with zero attached hydrogens (tertiary/aromatic N) is 4. The lowest BCUT2D eigenvalue weighted by molar-refractivity contribution is -0.129. The molecule has 0 spiro atoms. The van der Waals surface area contributed by atoms with Gasteiger partial charge in [-0.25, -0.2) is 4.98 Å². The van der Waals surface area contributed by atoms with E-state index in [2.05, 4.69) is 27.1 Å². The Kier molecular flexibility index (Phi) is 5.15. The molecule has 1 aromatic rings. The molecule has 20 heavy (non-hydrogen) atoms. The quantitative estimate of drug-likeness (QED) is 0.823. The van der Waals surface area contributed by atoms with Crippen molar-refractivity contribution in [3.63, 3.8) is 0 Å². The number of amides is 1. The van der Waals surface area contributed by atoms with E-state index in [0.29, 0.717) is 5.95 Å². The van der Waals surface area contributed by atoms with Crippen molar-refractivity contribution in [1.82, 2.24) is 14.9 Å². The highest BCUT2D eigenvalue weighted by atomic mass is 16.2. The van der Waals surface area contributed by atoms with E-state index >= 15 is 0 Å². The molecule has 6 heteroatoms. The Balaban J connectivity index is 1.92. The molecule has 2 rings (SSSR count). The summed E-state index contributed by atoms with van der Waals surface area (Å²) in [5, 5.41) is 3.24. The van der Waals surface area contributed by atoms with E-state index in [1.807, 2.05) is 11.0 Å². The van der Waals surface area contributed by atoms with Gasteiger partial charge in [0.1, 0.15) is 5.82 Å². The summed E-state index contributed by atoms with van der Waals surface area (Å²) in [6, 6.07) is 1.93. The molecule has 1 aliphatic heterocycles. The fraction of sp³-hybridized carbons (Fsp3) is 0.643. The Morgan fingerprint density at radius 3 is 2.75 bits per heavy atom. The highest BCUT2D eigenvalue weighted by Gasteiger charge is 2.19. The first-order chi connectivity index (χ1) is 9.70. The number of nitrogens with one attached hydrogen (secondary N) is 1. The lowest BCUT2D eigenvalue weighted by Crippen LogP contribution is -2.48. The maximum absolute atomic E-state index is 11.3. The van der Waals surface area contributed by atoms with Gasteiger partial charge in [0.15, 0.2) is 0 Å². The van der Waals surface area contributed by atoms with Gasteiger partial charge in [0, 0.05) is 45.8 Å². The summed E-state index contributed by atoms with van der Waals surface area (Å²) in [6.07, 6.45) is 4.05. The third-order valence-corrected chi connectivity index (χ3v) is 3.50. The van der Waals surface area contributed by atoms with Gasteiger partial charge in [-0.2, -0.15) is 4.98 Å². The van der Waals surface area contributed by atoms with Crippen LogP contribution in [0.15, 0.2) is 12.3 Å². The van der Waals surface area contributed by atoms with Crippen LogP contribution in [0.2, 0.25) is 0 Å². The average molecular weight is 277 g/mol. The van der Waals surface area contributed by atoms with Crippen LogP contribution in [0, 0.1) is 0 Å². The Morgan fingerprint density at radius 1 is 1.35 bits per heavy atom. The van der Waals surface area contributed by atoms with Crippen molar-refractivity contribution in [3.05, 3.63) is 12.3 Å². The smallest absolute Gasteiger partial charge is 0.224 e. The van der Waals surface area contributed by atoms with Crippen molar-refractivity contribution in [2.24, 2.45) is 0 Å². The lowest BCUT2D eigenvalue weighted by Gasteiger charge is -2.34. The summed E-state index contributed by atoms with van der Waals surface area (Å²) >= 11 is 0. The number of rotatable bonds is 5. The van der Waals surface area contributed by atoms with Crippen LogP contribution in [0.1, 0.15) is 26.7 Å². The molecule has 0 saturated carbocycles. The van der Waals surface area contributed by atoms with Gasteiger partial charge in [-0.1, -0.05) is 13.3 Å². The molecule has 0 atom stereocenters. The normalized spacial score (nSPS) is 15.3. The minimum atomic E-state index is 0.147. The number of unbranched alkanes of at least 4 members (excludes halogenated alkanes) is 1. The summed E-state index contributed by atoms with van der Waals surface area (Å²) in [5.74, 6) is 1.77. The van der Waals surface area contributed by atoms with E-state index < -0.39 is 0 Å². The predicted octanol–water partition coefficient (Wildman–Crippen LogP) is 1.36. The molecule has 110 valence electrons. The molecule has 0 bridgehead atoms. The Hall–Kier alpha value is -1.85. The largest absolute Gasteiger partial charge is 0.354 e. The second-order valence-electron chi connectivity index (χ2n) is 5.01. The van der Waals surface area contributed by atoms with Crippen LogP contribution in [-0.2, 0) is 4.79 Å². The number of carbonyl (C=O) groups is 1. The van der Waals surface area contributed by atoms with Crippen LogP contribution in [0.4, 0.5) is 11.8 Å². The Bertz CT molecular complexity index is 443. The zero-order valence-corrected chi connectivity index (χ0v) is 12.3. The molecule has 6 nitrogen and oxygen atoms in total. The summed E-state index contributed by atoms with van der Waals surface area (Å²) in [6.45, 7) is 7.85. The number of carbonyl (C=O) groups excluding carboxylic acids is 1. The van der Waals surface area contributed by atoms with Crippen molar-refractivity contribution in [2.75, 3.05) is 42.9 Å². The third kappa shape index (κ3) is 3.82. The molecule has 0 unspecified atom stereocenters. The number of hydrogen-bond acceptors (Lipinski definition) is 5. The fourth-order valence-electron chi connectivity index (χ4n) is 2.24. The summed E-state index contributed by atoms with van der Waals surface area (Å²) in [5.41, 5.74) is 0. The minimum Gasteiger partial charge on any atom is -0.354 e. The molecule has 1 aliphatic rings. The fourth-order valence-corrected chi connectivity index (χ4v) is 2.24. The van der Waals surface area contributed by atoms with Gasteiger partial charge in [-0.05, 0) is 12.5 Å². The van der Waals surface area contributed by atoms with E-state index in [1.165, 1.54) is 0 Å². The van der Waals surface area contributed by atoms with Gasteiger partial charge in [0.05, 0.1) is 0 Å². The molecule has 2 heterocycles. The van der Waals surface area contributed by atoms with Crippen molar-refractivity contribution in [1.29, 1.82) is 0 Å². The molecular weight excluding hydrogens is 254 g/mol.